The zero-order valence-corrected chi connectivity index (χ0v) is 13.4. The fourth-order valence-electron chi connectivity index (χ4n) is 1.80. The number of nitrogens with zero attached hydrogens (tertiary/aromatic N) is 1. The molecule has 1 N–H and O–H groups in total. The number of hydrogen-bond donors (Lipinski definition) is 1. The van der Waals surface area contributed by atoms with Crippen molar-refractivity contribution in [3.8, 4) is 16.3 Å². The third kappa shape index (κ3) is 4.56. The van der Waals surface area contributed by atoms with Gasteiger partial charge >= 0.3 is 0 Å². The van der Waals surface area contributed by atoms with Crippen LogP contribution in [0.5, 0.6) is 5.75 Å². The number of amides is 1. The van der Waals surface area contributed by atoms with Crippen molar-refractivity contribution in [3.63, 3.8) is 0 Å². The van der Waals surface area contributed by atoms with Crippen molar-refractivity contribution in [2.24, 2.45) is 5.92 Å². The van der Waals surface area contributed by atoms with Crippen LogP contribution < -0.4 is 10.1 Å². The number of methoxy groups -OCH3 is 1. The minimum absolute atomic E-state index is 0.0234. The molecular weight excluding hydrogens is 284 g/mol. The summed E-state index contributed by atoms with van der Waals surface area (Å²) < 4.78 is 5.14. The van der Waals surface area contributed by atoms with E-state index in [-0.39, 0.29) is 5.91 Å². The standard InChI is InChI=1S/C16H20N2O2S/c1-11(2)9-17-15(19)8-13-10-21-16(18-13)12-4-6-14(20-3)7-5-12/h4-7,10-11H,8-9H2,1-3H3,(H,17,19). The Bertz CT molecular complexity index is 591. The molecule has 0 bridgehead atoms. The van der Waals surface area contributed by atoms with Gasteiger partial charge in [0.15, 0.2) is 0 Å². The minimum atomic E-state index is 0.0234. The van der Waals surface area contributed by atoms with Crippen LogP contribution in [-0.4, -0.2) is 24.5 Å². The lowest BCUT2D eigenvalue weighted by molar-refractivity contribution is -0.120. The maximum atomic E-state index is 11.8. The van der Waals surface area contributed by atoms with Gasteiger partial charge in [-0.15, -0.1) is 11.3 Å². The molecule has 2 rings (SSSR count). The molecule has 21 heavy (non-hydrogen) atoms. The van der Waals surface area contributed by atoms with Crippen molar-refractivity contribution in [2.45, 2.75) is 20.3 Å². The van der Waals surface area contributed by atoms with Gasteiger partial charge in [0.05, 0.1) is 19.2 Å². The van der Waals surface area contributed by atoms with Gasteiger partial charge in [-0.3, -0.25) is 4.79 Å². The summed E-state index contributed by atoms with van der Waals surface area (Å²) >= 11 is 1.55. The Kier molecular flexibility index (Phi) is 5.33. The second kappa shape index (κ2) is 7.22. The highest BCUT2D eigenvalue weighted by atomic mass is 32.1. The van der Waals surface area contributed by atoms with Gasteiger partial charge in [0, 0.05) is 17.5 Å². The lowest BCUT2D eigenvalue weighted by atomic mass is 10.2. The van der Waals surface area contributed by atoms with Crippen molar-refractivity contribution in [1.29, 1.82) is 0 Å². The highest BCUT2D eigenvalue weighted by molar-refractivity contribution is 7.13. The van der Waals surface area contributed by atoms with E-state index in [1.165, 1.54) is 0 Å². The summed E-state index contributed by atoms with van der Waals surface area (Å²) in [5.41, 5.74) is 1.85. The van der Waals surface area contributed by atoms with Gasteiger partial charge in [0.2, 0.25) is 5.91 Å². The summed E-state index contributed by atoms with van der Waals surface area (Å²) in [6, 6.07) is 7.76. The monoisotopic (exact) mass is 304 g/mol. The van der Waals surface area contributed by atoms with E-state index in [1.54, 1.807) is 18.4 Å². The molecule has 112 valence electrons. The maximum Gasteiger partial charge on any atom is 0.226 e. The number of ether oxygens (including phenoxy) is 1. The molecule has 0 saturated heterocycles. The number of rotatable bonds is 6. The highest BCUT2D eigenvalue weighted by Gasteiger charge is 2.09. The van der Waals surface area contributed by atoms with Gasteiger partial charge in [-0.05, 0) is 30.2 Å². The van der Waals surface area contributed by atoms with E-state index in [0.29, 0.717) is 18.9 Å². The molecule has 0 aliphatic rings. The van der Waals surface area contributed by atoms with Crippen LogP contribution in [0.1, 0.15) is 19.5 Å². The molecule has 0 aliphatic heterocycles. The first-order chi connectivity index (χ1) is 10.1. The third-order valence-electron chi connectivity index (χ3n) is 2.94. The average molecular weight is 304 g/mol. The molecule has 0 spiro atoms. The number of carbonyl (C=O) groups is 1. The molecule has 0 saturated carbocycles. The number of hydrogen-bond acceptors (Lipinski definition) is 4. The normalized spacial score (nSPS) is 10.7. The summed E-state index contributed by atoms with van der Waals surface area (Å²) in [7, 11) is 1.65. The van der Waals surface area contributed by atoms with Gasteiger partial charge in [0.1, 0.15) is 10.8 Å². The molecular formula is C16H20N2O2S. The van der Waals surface area contributed by atoms with Crippen LogP contribution in [0.4, 0.5) is 0 Å². The summed E-state index contributed by atoms with van der Waals surface area (Å²) in [5, 5.41) is 5.76. The van der Waals surface area contributed by atoms with E-state index in [1.807, 2.05) is 29.6 Å². The SMILES string of the molecule is COc1ccc(-c2nc(CC(=O)NCC(C)C)cs2)cc1. The van der Waals surface area contributed by atoms with Crippen LogP contribution in [-0.2, 0) is 11.2 Å². The molecule has 0 fully saturated rings. The predicted molar refractivity (Wildman–Crippen MR) is 85.7 cm³/mol. The zero-order valence-electron chi connectivity index (χ0n) is 12.6. The molecule has 0 unspecified atom stereocenters. The molecule has 2 aromatic rings. The van der Waals surface area contributed by atoms with Crippen LogP contribution in [0.3, 0.4) is 0 Å². The Labute approximate surface area is 129 Å². The first kappa shape index (κ1) is 15.5. The van der Waals surface area contributed by atoms with Gasteiger partial charge < -0.3 is 10.1 Å². The molecule has 0 radical (unpaired) electrons. The Morgan fingerprint density at radius 1 is 1.33 bits per heavy atom. The largest absolute Gasteiger partial charge is 0.497 e. The number of thiazole rings is 1. The highest BCUT2D eigenvalue weighted by Crippen LogP contribution is 2.25. The number of benzene rings is 1. The lowest BCUT2D eigenvalue weighted by Gasteiger charge is -2.06. The van der Waals surface area contributed by atoms with E-state index in [9.17, 15) is 4.79 Å². The number of nitrogens with one attached hydrogen (secondary N) is 1. The zero-order chi connectivity index (χ0) is 15.2. The van der Waals surface area contributed by atoms with E-state index in [2.05, 4.69) is 24.1 Å². The van der Waals surface area contributed by atoms with Crippen LogP contribution in [0.25, 0.3) is 10.6 Å². The van der Waals surface area contributed by atoms with Crippen molar-refractivity contribution in [1.82, 2.24) is 10.3 Å². The van der Waals surface area contributed by atoms with E-state index >= 15 is 0 Å². The molecule has 1 amide bonds. The Hall–Kier alpha value is -1.88. The van der Waals surface area contributed by atoms with E-state index in [4.69, 9.17) is 4.74 Å². The molecule has 0 aliphatic carbocycles. The lowest BCUT2D eigenvalue weighted by Crippen LogP contribution is -2.28. The Morgan fingerprint density at radius 3 is 2.67 bits per heavy atom. The van der Waals surface area contributed by atoms with Gasteiger partial charge in [-0.2, -0.15) is 0 Å². The quantitative estimate of drug-likeness (QED) is 0.892. The van der Waals surface area contributed by atoms with Crippen LogP contribution in [0, 0.1) is 5.92 Å². The van der Waals surface area contributed by atoms with Crippen LogP contribution in [0.15, 0.2) is 29.6 Å². The first-order valence-electron chi connectivity index (χ1n) is 6.94. The van der Waals surface area contributed by atoms with Crippen molar-refractivity contribution in [2.75, 3.05) is 13.7 Å². The topological polar surface area (TPSA) is 51.2 Å². The summed E-state index contributed by atoms with van der Waals surface area (Å²) in [4.78, 5) is 16.3. The fourth-order valence-corrected chi connectivity index (χ4v) is 2.63. The second-order valence-electron chi connectivity index (χ2n) is 5.25. The van der Waals surface area contributed by atoms with Crippen LogP contribution in [0.2, 0.25) is 0 Å². The number of aromatic nitrogens is 1. The maximum absolute atomic E-state index is 11.8. The second-order valence-corrected chi connectivity index (χ2v) is 6.11. The third-order valence-corrected chi connectivity index (χ3v) is 3.88. The van der Waals surface area contributed by atoms with Crippen LogP contribution >= 0.6 is 11.3 Å². The van der Waals surface area contributed by atoms with Gasteiger partial charge in [-0.25, -0.2) is 4.98 Å². The van der Waals surface area contributed by atoms with Crippen molar-refractivity contribution >= 4 is 17.2 Å². The summed E-state index contributed by atoms with van der Waals surface area (Å²) in [6.45, 7) is 4.85. The predicted octanol–water partition coefficient (Wildman–Crippen LogP) is 3.13. The first-order valence-corrected chi connectivity index (χ1v) is 7.82. The Morgan fingerprint density at radius 2 is 2.05 bits per heavy atom. The van der Waals surface area contributed by atoms with E-state index < -0.39 is 0 Å². The molecule has 4 nitrogen and oxygen atoms in total. The molecule has 1 aromatic carbocycles. The average Bonchev–Trinajstić information content (AvgIpc) is 2.93. The van der Waals surface area contributed by atoms with Crippen molar-refractivity contribution in [3.05, 3.63) is 35.3 Å². The minimum Gasteiger partial charge on any atom is -0.497 e. The smallest absolute Gasteiger partial charge is 0.226 e. The van der Waals surface area contributed by atoms with Gasteiger partial charge in [0.25, 0.3) is 0 Å². The molecule has 1 heterocycles. The molecule has 1 aromatic heterocycles. The summed E-state index contributed by atoms with van der Waals surface area (Å²) in [5.74, 6) is 1.30. The fraction of sp³-hybridized carbons (Fsp3) is 0.375. The van der Waals surface area contributed by atoms with Crippen molar-refractivity contribution < 1.29 is 9.53 Å². The van der Waals surface area contributed by atoms with E-state index in [0.717, 1.165) is 22.0 Å². The molecule has 5 heteroatoms. The summed E-state index contributed by atoms with van der Waals surface area (Å²) in [6.07, 6.45) is 0.333. The molecule has 0 atom stereocenters. The van der Waals surface area contributed by atoms with Gasteiger partial charge in [-0.1, -0.05) is 13.8 Å². The number of carbonyl (C=O) groups excluding carboxylic acids is 1. The Balaban J connectivity index is 1.98.